The molecule has 0 radical (unpaired) electrons. The van der Waals surface area contributed by atoms with Gasteiger partial charge in [-0.1, -0.05) is 52.9 Å². The van der Waals surface area contributed by atoms with E-state index in [1.54, 1.807) is 25.7 Å². The van der Waals surface area contributed by atoms with E-state index < -0.39 is 55.7 Å². The van der Waals surface area contributed by atoms with Gasteiger partial charge in [0.25, 0.3) is 0 Å². The Morgan fingerprint density at radius 3 is 2.11 bits per heavy atom. The molecule has 1 heterocycles. The lowest BCUT2D eigenvalue weighted by molar-refractivity contribution is -0.144. The van der Waals surface area contributed by atoms with Gasteiger partial charge in [0.15, 0.2) is 21.4 Å². The number of carbonyl (C=O) groups is 5. The molecule has 2 aliphatic carbocycles. The summed E-state index contributed by atoms with van der Waals surface area (Å²) >= 11 is 0. The minimum Gasteiger partial charge on any atom is -0.334 e. The average molecular weight is 680 g/mol. The molecule has 3 amide bonds. The van der Waals surface area contributed by atoms with E-state index in [9.17, 15) is 32.4 Å². The normalized spacial score (nSPS) is 24.2. The highest BCUT2D eigenvalue weighted by Gasteiger charge is 2.69. The van der Waals surface area contributed by atoms with Crippen molar-refractivity contribution < 1.29 is 32.4 Å². The number of Topliss-reactive ketones (excluding diaryl/α,β-unsaturated/α-hetero) is 3. The molecule has 2 N–H and O–H groups in total. The molecule has 47 heavy (non-hydrogen) atoms. The van der Waals surface area contributed by atoms with E-state index in [1.165, 1.54) is 0 Å². The van der Waals surface area contributed by atoms with Crippen LogP contribution in [0, 0.1) is 29.1 Å². The Morgan fingerprint density at radius 1 is 0.936 bits per heavy atom. The Bertz CT molecular complexity index is 1290. The summed E-state index contributed by atoms with van der Waals surface area (Å²) < 4.78 is 24.1. The van der Waals surface area contributed by atoms with Gasteiger partial charge in [0.1, 0.15) is 6.04 Å². The molecule has 3 fully saturated rings. The number of urea groups is 1. The summed E-state index contributed by atoms with van der Waals surface area (Å²) in [6.07, 6.45) is 6.27. The molecular formula is C36H61N3O7S. The van der Waals surface area contributed by atoms with Gasteiger partial charge in [0.2, 0.25) is 11.7 Å². The van der Waals surface area contributed by atoms with Crippen LogP contribution in [0.2, 0.25) is 0 Å². The average Bonchev–Trinajstić information content (AvgIpc) is 3.27. The molecule has 2 saturated carbocycles. The smallest absolute Gasteiger partial charge is 0.315 e. The number of unbranched alkanes of at least 4 members (excludes halogenated alkanes) is 1. The van der Waals surface area contributed by atoms with Crippen LogP contribution in [0.1, 0.15) is 133 Å². The number of ketones is 3. The first kappa shape index (κ1) is 39.1. The largest absolute Gasteiger partial charge is 0.334 e. The van der Waals surface area contributed by atoms with E-state index >= 15 is 0 Å². The van der Waals surface area contributed by atoms with Gasteiger partial charge in [-0.15, -0.1) is 0 Å². The summed E-state index contributed by atoms with van der Waals surface area (Å²) in [4.78, 5) is 69.8. The lowest BCUT2D eigenvalue weighted by Crippen LogP contribution is -2.59. The first-order valence-corrected chi connectivity index (χ1v) is 19.5. The van der Waals surface area contributed by atoms with E-state index in [4.69, 9.17) is 0 Å². The van der Waals surface area contributed by atoms with Crippen molar-refractivity contribution in [2.45, 2.75) is 155 Å². The number of piperidine rings is 1. The van der Waals surface area contributed by atoms with Crippen molar-refractivity contribution >= 4 is 39.1 Å². The maximum Gasteiger partial charge on any atom is 0.315 e. The van der Waals surface area contributed by atoms with Crippen molar-refractivity contribution in [2.24, 2.45) is 29.1 Å². The van der Waals surface area contributed by atoms with Crippen molar-refractivity contribution in [2.75, 3.05) is 12.3 Å². The Balaban J connectivity index is 1.80. The lowest BCUT2D eigenvalue weighted by atomic mass is 9.82. The van der Waals surface area contributed by atoms with Crippen LogP contribution in [0.4, 0.5) is 4.79 Å². The lowest BCUT2D eigenvalue weighted by Gasteiger charge is -2.37. The fourth-order valence-corrected chi connectivity index (χ4v) is 8.78. The number of hydrogen-bond donors (Lipinski definition) is 2. The van der Waals surface area contributed by atoms with Gasteiger partial charge in [-0.2, -0.15) is 0 Å². The number of rotatable bonds is 15. The summed E-state index contributed by atoms with van der Waals surface area (Å²) in [5.74, 6) is -2.64. The fraction of sp³-hybridized carbons (Fsp3) is 0.861. The monoisotopic (exact) mass is 679 g/mol. The SMILES string of the molecule is CCCCC(CC(=O)[C@@H]1[C@@H]2[C@H](CN1C(=O)[C@@H](NC(=O)NC(C)(C)C)C1CCCCC1)C2(C)C)C(=O)C(=O)CCCS(=O)(=O)C(C)(C)C. The highest BCUT2D eigenvalue weighted by Crippen LogP contribution is 2.65. The van der Waals surface area contributed by atoms with Crippen LogP contribution in [0.3, 0.4) is 0 Å². The number of nitrogens with one attached hydrogen (secondary N) is 2. The molecule has 3 aliphatic rings. The van der Waals surface area contributed by atoms with Gasteiger partial charge >= 0.3 is 6.03 Å². The maximum absolute atomic E-state index is 14.4. The van der Waals surface area contributed by atoms with Crippen molar-refractivity contribution in [1.29, 1.82) is 0 Å². The molecule has 11 heteroatoms. The molecule has 10 nitrogen and oxygen atoms in total. The van der Waals surface area contributed by atoms with Gasteiger partial charge < -0.3 is 15.5 Å². The van der Waals surface area contributed by atoms with Gasteiger partial charge in [-0.3, -0.25) is 19.2 Å². The highest BCUT2D eigenvalue weighted by atomic mass is 32.2. The number of sulfone groups is 1. The summed E-state index contributed by atoms with van der Waals surface area (Å²) in [5.41, 5.74) is -0.619. The van der Waals surface area contributed by atoms with Crippen molar-refractivity contribution in [3.05, 3.63) is 0 Å². The summed E-state index contributed by atoms with van der Waals surface area (Å²) in [6.45, 7) is 17.1. The first-order chi connectivity index (χ1) is 21.6. The van der Waals surface area contributed by atoms with Crippen LogP contribution in [0.25, 0.3) is 0 Å². The zero-order valence-electron chi connectivity index (χ0n) is 30.4. The Labute approximate surface area is 283 Å². The van der Waals surface area contributed by atoms with E-state index in [1.807, 2.05) is 27.7 Å². The zero-order chi connectivity index (χ0) is 35.5. The fourth-order valence-electron chi connectivity index (χ4n) is 7.65. The molecule has 0 spiro atoms. The summed E-state index contributed by atoms with van der Waals surface area (Å²) in [5, 5.41) is 5.88. The standard InChI is InChI=1S/C36H61N3O7S/c1-10-11-16-24(31(42)26(40)19-15-20-47(45,46)35(5,6)7)21-27(41)30-28-25(36(28,8)9)22-39(30)32(43)29(23-17-13-12-14-18-23)37-33(44)38-34(2,3)4/h23-25,28-30H,10-22H2,1-9H3,(H2,37,38,44)/t24?,25-,28-,29-,30+/m0/s1. The quantitative estimate of drug-likeness (QED) is 0.220. The van der Waals surface area contributed by atoms with Crippen molar-refractivity contribution in [3.63, 3.8) is 0 Å². The molecule has 0 aromatic carbocycles. The van der Waals surface area contributed by atoms with Crippen LogP contribution >= 0.6 is 0 Å². The van der Waals surface area contributed by atoms with E-state index in [0.29, 0.717) is 19.4 Å². The van der Waals surface area contributed by atoms with Crippen LogP contribution < -0.4 is 10.6 Å². The Hall–Kier alpha value is -2.30. The van der Waals surface area contributed by atoms with Crippen LogP contribution in [0.5, 0.6) is 0 Å². The third-order valence-corrected chi connectivity index (χ3v) is 13.4. The molecular weight excluding hydrogens is 618 g/mol. The summed E-state index contributed by atoms with van der Waals surface area (Å²) in [6, 6.07) is -1.88. The third kappa shape index (κ3) is 9.66. The van der Waals surface area contributed by atoms with Gasteiger partial charge in [0.05, 0.1) is 16.5 Å². The molecule has 1 aliphatic heterocycles. The molecule has 0 bridgehead atoms. The number of hydrogen-bond acceptors (Lipinski definition) is 7. The maximum atomic E-state index is 14.4. The second kappa shape index (κ2) is 15.1. The molecule has 1 saturated heterocycles. The number of amides is 3. The summed E-state index contributed by atoms with van der Waals surface area (Å²) in [7, 11) is -3.43. The van der Waals surface area contributed by atoms with Gasteiger partial charge in [-0.25, -0.2) is 13.2 Å². The minimum absolute atomic E-state index is 0.0266. The molecule has 0 aromatic heterocycles. The van der Waals surface area contributed by atoms with E-state index in [-0.39, 0.29) is 59.9 Å². The second-order valence-electron chi connectivity index (χ2n) is 16.9. The van der Waals surface area contributed by atoms with Crippen LogP contribution in [0.15, 0.2) is 0 Å². The highest BCUT2D eigenvalue weighted by molar-refractivity contribution is 7.92. The van der Waals surface area contributed by atoms with Gasteiger partial charge in [-0.05, 0) is 90.4 Å². The van der Waals surface area contributed by atoms with Crippen molar-refractivity contribution in [3.8, 4) is 0 Å². The predicted molar refractivity (Wildman–Crippen MR) is 183 cm³/mol. The number of carbonyl (C=O) groups excluding carboxylic acids is 5. The molecule has 5 atom stereocenters. The minimum atomic E-state index is -3.43. The van der Waals surface area contributed by atoms with Crippen LogP contribution in [-0.4, -0.2) is 77.3 Å². The molecule has 268 valence electrons. The van der Waals surface area contributed by atoms with Gasteiger partial charge in [0, 0.05) is 30.8 Å². The van der Waals surface area contributed by atoms with Crippen molar-refractivity contribution in [1.82, 2.24) is 15.5 Å². The predicted octanol–water partition coefficient (Wildman–Crippen LogP) is 5.41. The topological polar surface area (TPSA) is 147 Å². The second-order valence-corrected chi connectivity index (χ2v) is 19.8. The number of nitrogens with zero attached hydrogens (tertiary/aromatic N) is 1. The van der Waals surface area contributed by atoms with E-state index in [2.05, 4.69) is 24.5 Å². The number of likely N-dealkylation sites (tertiary alicyclic amines) is 1. The Kier molecular flexibility index (Phi) is 12.6. The van der Waals surface area contributed by atoms with Crippen LogP contribution in [-0.2, 0) is 29.0 Å². The third-order valence-electron chi connectivity index (χ3n) is 10.7. The Morgan fingerprint density at radius 2 is 1.55 bits per heavy atom. The van der Waals surface area contributed by atoms with E-state index in [0.717, 1.165) is 38.5 Å². The zero-order valence-corrected chi connectivity index (χ0v) is 31.2. The number of fused-ring (bicyclic) bond motifs is 1. The molecule has 1 unspecified atom stereocenters. The first-order valence-electron chi connectivity index (χ1n) is 17.8. The molecule has 3 rings (SSSR count). The molecule has 0 aromatic rings.